The van der Waals surface area contributed by atoms with Gasteiger partial charge in [0.15, 0.2) is 3.68 Å². The molecule has 4 rings (SSSR count). The third-order valence-electron chi connectivity index (χ3n) is 6.49. The second kappa shape index (κ2) is 11.6. The van der Waals surface area contributed by atoms with E-state index in [1.807, 2.05) is 11.9 Å². The molecule has 0 spiro atoms. The second-order valence-corrected chi connectivity index (χ2v) is 12.9. The Balaban J connectivity index is 1.62. The minimum Gasteiger partial charge on any atom is -0.495 e. The van der Waals surface area contributed by atoms with Crippen LogP contribution >= 0.6 is 22.6 Å². The number of halogens is 5. The number of ether oxygens (including phenoxy) is 1. The largest absolute Gasteiger partial charge is 0.495 e. The molecule has 0 aliphatic carbocycles. The minimum atomic E-state index is -4.49. The lowest BCUT2D eigenvalue weighted by atomic mass is 10.0. The predicted molar refractivity (Wildman–Crippen MR) is 155 cm³/mol. The fraction of sp³-hybridized carbons (Fsp3) is 0.385. The minimum absolute atomic E-state index is 0.0263. The van der Waals surface area contributed by atoms with Crippen LogP contribution in [0.2, 0.25) is 0 Å². The van der Waals surface area contributed by atoms with E-state index in [4.69, 9.17) is 9.88 Å². The molecule has 2 atom stereocenters. The lowest BCUT2D eigenvalue weighted by Crippen LogP contribution is -2.52. The van der Waals surface area contributed by atoms with Crippen molar-refractivity contribution in [3.8, 4) is 17.6 Å². The Hall–Kier alpha value is -2.74. The van der Waals surface area contributed by atoms with Gasteiger partial charge in [0.1, 0.15) is 12.3 Å². The highest BCUT2D eigenvalue weighted by Gasteiger charge is 2.41. The normalized spacial score (nSPS) is 20.1. The summed E-state index contributed by atoms with van der Waals surface area (Å²) in [5, 5.41) is 11.9. The maximum Gasteiger partial charge on any atom is 0.406 e. The number of fused-ring (bicyclic) bond motifs is 1. The predicted octanol–water partition coefficient (Wildman–Crippen LogP) is 4.54. The SMILES string of the molecule is COc1cc(S(N)(=O)=O)ccc1NCC#Cc1cc2c(NC3CCN(C)C[C@]3(F)I)cccc2n1CC(F)(F)F. The van der Waals surface area contributed by atoms with Gasteiger partial charge in [-0.3, -0.25) is 0 Å². The van der Waals surface area contributed by atoms with Crippen LogP contribution in [0.1, 0.15) is 12.1 Å². The fourth-order valence-corrected chi connectivity index (χ4v) is 6.19. The van der Waals surface area contributed by atoms with E-state index in [0.717, 1.165) is 4.57 Å². The number of likely N-dealkylation sites (tertiary alicyclic amines) is 1. The van der Waals surface area contributed by atoms with Crippen LogP contribution in [0.15, 0.2) is 47.4 Å². The molecule has 2 heterocycles. The zero-order valence-electron chi connectivity index (χ0n) is 21.6. The number of nitrogens with one attached hydrogen (secondary N) is 2. The van der Waals surface area contributed by atoms with Gasteiger partial charge in [0.25, 0.3) is 0 Å². The van der Waals surface area contributed by atoms with E-state index >= 15 is 4.39 Å². The molecule has 1 aliphatic rings. The van der Waals surface area contributed by atoms with Gasteiger partial charge in [0.05, 0.1) is 41.5 Å². The molecule has 2 aromatic carbocycles. The first-order chi connectivity index (χ1) is 18.7. The zero-order valence-corrected chi connectivity index (χ0v) is 24.6. The summed E-state index contributed by atoms with van der Waals surface area (Å²) in [5.74, 6) is 5.83. The first-order valence-corrected chi connectivity index (χ1v) is 14.8. The Kier molecular flexibility index (Phi) is 8.79. The molecule has 8 nitrogen and oxygen atoms in total. The number of hydrogen-bond acceptors (Lipinski definition) is 6. The third-order valence-corrected chi connectivity index (χ3v) is 8.49. The molecule has 4 N–H and O–H groups in total. The van der Waals surface area contributed by atoms with Crippen molar-refractivity contribution < 1.29 is 30.7 Å². The van der Waals surface area contributed by atoms with Crippen molar-refractivity contribution in [2.45, 2.75) is 33.8 Å². The molecule has 1 fully saturated rings. The van der Waals surface area contributed by atoms with Crippen molar-refractivity contribution in [3.05, 3.63) is 48.2 Å². The number of sulfonamides is 1. The monoisotopic (exact) mass is 693 g/mol. The standard InChI is InChI=1S/C26H28F4IN5O3S/c1-35-12-10-24(25(27,31)15-35)34-20-6-3-7-22-19(20)13-17(36(22)16-26(28,29)30)5-4-11-33-21-9-8-18(40(32,37)38)14-23(21)39-2/h3,6-9,13-14,24,33-34H,10-12,15-16H2,1-2H3,(H2,32,37,38)/t24?,25-/m0/s1. The van der Waals surface area contributed by atoms with Crippen molar-refractivity contribution >= 4 is 54.9 Å². The van der Waals surface area contributed by atoms with Gasteiger partial charge in [-0.05, 0) is 72.3 Å². The molecule has 216 valence electrons. The summed E-state index contributed by atoms with van der Waals surface area (Å²) in [6, 6.07) is 10.0. The Morgan fingerprint density at radius 1 is 1.23 bits per heavy atom. The van der Waals surface area contributed by atoms with Gasteiger partial charge in [0.2, 0.25) is 10.0 Å². The second-order valence-electron chi connectivity index (χ2n) is 9.52. The quantitative estimate of drug-likeness (QED) is 0.146. The number of primary sulfonamides is 1. The third kappa shape index (κ3) is 7.12. The lowest BCUT2D eigenvalue weighted by molar-refractivity contribution is -0.140. The molecule has 1 aliphatic heterocycles. The van der Waals surface area contributed by atoms with Gasteiger partial charge in [-0.2, -0.15) is 13.2 Å². The average Bonchev–Trinajstić information content (AvgIpc) is 3.19. The van der Waals surface area contributed by atoms with Crippen LogP contribution in [0.3, 0.4) is 0 Å². The summed E-state index contributed by atoms with van der Waals surface area (Å²) >= 11 is 1.79. The summed E-state index contributed by atoms with van der Waals surface area (Å²) in [4.78, 5) is 1.77. The Morgan fingerprint density at radius 3 is 2.62 bits per heavy atom. The number of anilines is 2. The number of piperidine rings is 1. The average molecular weight is 694 g/mol. The van der Waals surface area contributed by atoms with Crippen molar-refractivity contribution in [1.82, 2.24) is 9.47 Å². The topological polar surface area (TPSA) is 102 Å². The van der Waals surface area contributed by atoms with Gasteiger partial charge in [0, 0.05) is 30.2 Å². The van der Waals surface area contributed by atoms with Crippen LogP contribution in [-0.4, -0.2) is 67.6 Å². The van der Waals surface area contributed by atoms with E-state index in [1.165, 1.54) is 25.3 Å². The van der Waals surface area contributed by atoms with Crippen LogP contribution in [0.25, 0.3) is 10.9 Å². The van der Waals surface area contributed by atoms with E-state index < -0.39 is 32.5 Å². The molecule has 1 unspecified atom stereocenters. The number of nitrogens with zero attached hydrogens (tertiary/aromatic N) is 2. The summed E-state index contributed by atoms with van der Waals surface area (Å²) < 4.78 is 83.8. The Labute approximate surface area is 243 Å². The molecular formula is C26H28F4IN5O3S. The molecule has 1 aromatic heterocycles. The Morgan fingerprint density at radius 2 is 1.98 bits per heavy atom. The molecule has 0 amide bonds. The van der Waals surface area contributed by atoms with Crippen LogP contribution in [0.4, 0.5) is 28.9 Å². The van der Waals surface area contributed by atoms with Crippen molar-refractivity contribution in [2.24, 2.45) is 5.14 Å². The highest BCUT2D eigenvalue weighted by Crippen LogP contribution is 2.37. The van der Waals surface area contributed by atoms with Crippen molar-refractivity contribution in [2.75, 3.05) is 44.4 Å². The molecule has 1 saturated heterocycles. The summed E-state index contributed by atoms with van der Waals surface area (Å²) in [5.41, 5.74) is 1.43. The van der Waals surface area contributed by atoms with Crippen LogP contribution in [-0.2, 0) is 16.6 Å². The lowest BCUT2D eigenvalue weighted by Gasteiger charge is -2.39. The molecule has 0 saturated carbocycles. The number of alkyl halides is 5. The number of aromatic nitrogens is 1. The molecular weight excluding hydrogens is 665 g/mol. The van der Waals surface area contributed by atoms with Gasteiger partial charge < -0.3 is 24.8 Å². The smallest absolute Gasteiger partial charge is 0.406 e. The van der Waals surface area contributed by atoms with Crippen LogP contribution in [0.5, 0.6) is 5.75 Å². The molecule has 0 bridgehead atoms. The maximum atomic E-state index is 15.3. The number of methoxy groups -OCH3 is 1. The van der Waals surface area contributed by atoms with Crippen LogP contribution in [0, 0.1) is 11.8 Å². The van der Waals surface area contributed by atoms with Crippen molar-refractivity contribution in [1.29, 1.82) is 0 Å². The summed E-state index contributed by atoms with van der Waals surface area (Å²) in [7, 11) is -0.725. The fourth-order valence-electron chi connectivity index (χ4n) is 4.61. The van der Waals surface area contributed by atoms with E-state index in [2.05, 4.69) is 22.5 Å². The molecule has 40 heavy (non-hydrogen) atoms. The number of hydrogen-bond donors (Lipinski definition) is 3. The van der Waals surface area contributed by atoms with Gasteiger partial charge in [-0.25, -0.2) is 17.9 Å². The summed E-state index contributed by atoms with van der Waals surface area (Å²) in [6.07, 6.45) is -3.96. The molecule has 3 aromatic rings. The molecule has 0 radical (unpaired) electrons. The number of benzene rings is 2. The van der Waals surface area contributed by atoms with E-state index in [0.29, 0.717) is 35.2 Å². The van der Waals surface area contributed by atoms with E-state index in [-0.39, 0.29) is 29.4 Å². The van der Waals surface area contributed by atoms with Gasteiger partial charge in [-0.15, -0.1) is 0 Å². The van der Waals surface area contributed by atoms with Crippen molar-refractivity contribution in [3.63, 3.8) is 0 Å². The zero-order chi connectivity index (χ0) is 29.3. The van der Waals surface area contributed by atoms with E-state index in [9.17, 15) is 21.6 Å². The number of nitrogens with two attached hydrogens (primary N) is 1. The van der Waals surface area contributed by atoms with Gasteiger partial charge in [-0.1, -0.05) is 12.0 Å². The van der Waals surface area contributed by atoms with Gasteiger partial charge >= 0.3 is 6.18 Å². The Bertz CT molecular complexity index is 1560. The summed E-state index contributed by atoms with van der Waals surface area (Å²) in [6.45, 7) is -0.293. The highest BCUT2D eigenvalue weighted by atomic mass is 127. The maximum absolute atomic E-state index is 15.3. The van der Waals surface area contributed by atoms with E-state index in [1.54, 1.807) is 46.9 Å². The van der Waals surface area contributed by atoms with Crippen LogP contribution < -0.4 is 20.5 Å². The first kappa shape index (κ1) is 30.2. The first-order valence-electron chi connectivity index (χ1n) is 12.1. The highest BCUT2D eigenvalue weighted by molar-refractivity contribution is 14.1. The molecule has 14 heteroatoms. The number of rotatable bonds is 7.